The molecule has 2 heterocycles. The monoisotopic (exact) mass is 375 g/mol. The molecule has 0 bridgehead atoms. The maximum atomic E-state index is 13.3. The van der Waals surface area contributed by atoms with Crippen molar-refractivity contribution in [1.29, 1.82) is 0 Å². The number of morpholine rings is 1. The number of hydrogen-bond acceptors (Lipinski definition) is 4. The molecule has 6 heteroatoms. The van der Waals surface area contributed by atoms with Gasteiger partial charge in [-0.05, 0) is 29.8 Å². The number of rotatable bonds is 3. The van der Waals surface area contributed by atoms with Crippen LogP contribution in [-0.2, 0) is 11.3 Å². The first-order valence-electron chi connectivity index (χ1n) is 8.33. The van der Waals surface area contributed by atoms with Crippen molar-refractivity contribution in [1.82, 2.24) is 4.90 Å². The average molecular weight is 376 g/mol. The Labute approximate surface area is 156 Å². The van der Waals surface area contributed by atoms with Crippen LogP contribution in [0.1, 0.15) is 5.76 Å². The first kappa shape index (κ1) is 18.6. The van der Waals surface area contributed by atoms with Gasteiger partial charge in [0.1, 0.15) is 17.2 Å². The second kappa shape index (κ2) is 7.99. The van der Waals surface area contributed by atoms with E-state index in [4.69, 9.17) is 9.15 Å². The number of fused-ring (bicyclic) bond motifs is 1. The van der Waals surface area contributed by atoms with E-state index in [1.165, 1.54) is 12.1 Å². The molecule has 0 N–H and O–H groups in total. The molecular formula is C20H19ClFNO3. The summed E-state index contributed by atoms with van der Waals surface area (Å²) >= 11 is 0. The summed E-state index contributed by atoms with van der Waals surface area (Å²) in [5.41, 5.74) is 1.66. The first-order valence-corrected chi connectivity index (χ1v) is 8.33. The lowest BCUT2D eigenvalue weighted by atomic mass is 10.0. The zero-order chi connectivity index (χ0) is 17.2. The third kappa shape index (κ3) is 3.65. The van der Waals surface area contributed by atoms with Crippen molar-refractivity contribution in [2.45, 2.75) is 6.54 Å². The predicted molar refractivity (Wildman–Crippen MR) is 101 cm³/mol. The summed E-state index contributed by atoms with van der Waals surface area (Å²) in [5.74, 6) is 0.279. The largest absolute Gasteiger partial charge is 0.459 e. The molecule has 1 fully saturated rings. The van der Waals surface area contributed by atoms with E-state index in [2.05, 4.69) is 4.90 Å². The minimum absolute atomic E-state index is 0. The summed E-state index contributed by atoms with van der Waals surface area (Å²) in [6.07, 6.45) is 0. The summed E-state index contributed by atoms with van der Waals surface area (Å²) in [6, 6.07) is 13.2. The number of nitrogens with zero attached hydrogens (tertiary/aromatic N) is 1. The van der Waals surface area contributed by atoms with Crippen LogP contribution in [0.3, 0.4) is 0 Å². The smallest absolute Gasteiger partial charge is 0.200 e. The number of para-hydroxylation sites is 1. The lowest BCUT2D eigenvalue weighted by Gasteiger charge is -2.26. The van der Waals surface area contributed by atoms with Gasteiger partial charge in [-0.15, -0.1) is 12.4 Å². The molecule has 1 saturated heterocycles. The van der Waals surface area contributed by atoms with E-state index < -0.39 is 0 Å². The highest BCUT2D eigenvalue weighted by Gasteiger charge is 2.20. The highest BCUT2D eigenvalue weighted by molar-refractivity contribution is 5.85. The average Bonchev–Trinajstić information content (AvgIpc) is 2.64. The Balaban J connectivity index is 0.00000196. The molecule has 4 nitrogen and oxygen atoms in total. The fourth-order valence-electron chi connectivity index (χ4n) is 3.17. The third-order valence-corrected chi connectivity index (χ3v) is 4.47. The summed E-state index contributed by atoms with van der Waals surface area (Å²) in [7, 11) is 0. The summed E-state index contributed by atoms with van der Waals surface area (Å²) in [4.78, 5) is 15.3. The second-order valence-electron chi connectivity index (χ2n) is 6.12. The lowest BCUT2D eigenvalue weighted by molar-refractivity contribution is 0.0315. The highest BCUT2D eigenvalue weighted by Crippen LogP contribution is 2.26. The van der Waals surface area contributed by atoms with Crippen LogP contribution in [-0.4, -0.2) is 31.2 Å². The van der Waals surface area contributed by atoms with E-state index >= 15 is 0 Å². The van der Waals surface area contributed by atoms with Crippen molar-refractivity contribution in [3.8, 4) is 11.1 Å². The first-order chi connectivity index (χ1) is 12.2. The van der Waals surface area contributed by atoms with Crippen LogP contribution in [0.15, 0.2) is 57.7 Å². The van der Waals surface area contributed by atoms with E-state index in [9.17, 15) is 9.18 Å². The van der Waals surface area contributed by atoms with Crippen LogP contribution in [0.25, 0.3) is 22.1 Å². The normalized spacial score (nSPS) is 15.0. The molecule has 3 aromatic rings. The molecule has 26 heavy (non-hydrogen) atoms. The zero-order valence-corrected chi connectivity index (χ0v) is 14.9. The van der Waals surface area contributed by atoms with Crippen LogP contribution in [0.4, 0.5) is 4.39 Å². The van der Waals surface area contributed by atoms with Gasteiger partial charge < -0.3 is 9.15 Å². The van der Waals surface area contributed by atoms with Crippen molar-refractivity contribution in [3.63, 3.8) is 0 Å². The molecule has 1 aliphatic heterocycles. The number of halogens is 2. The van der Waals surface area contributed by atoms with Crippen molar-refractivity contribution in [3.05, 3.63) is 70.3 Å². The Kier molecular flexibility index (Phi) is 5.71. The molecule has 0 saturated carbocycles. The van der Waals surface area contributed by atoms with Gasteiger partial charge in [-0.2, -0.15) is 0 Å². The highest BCUT2D eigenvalue weighted by atomic mass is 35.5. The molecule has 0 atom stereocenters. The summed E-state index contributed by atoms with van der Waals surface area (Å²) in [5, 5.41) is 0.535. The molecule has 0 amide bonds. The molecule has 0 radical (unpaired) electrons. The minimum Gasteiger partial charge on any atom is -0.459 e. The standard InChI is InChI=1S/C20H18FNO3.ClH/c21-15-7-5-14(6-8-15)19-18(13-22-9-11-24-12-10-22)25-17-4-2-1-3-16(17)20(19)23;/h1-8H,9-13H2;1H. The fraction of sp³-hybridized carbons (Fsp3) is 0.250. The lowest BCUT2D eigenvalue weighted by Crippen LogP contribution is -2.36. The van der Waals surface area contributed by atoms with E-state index in [0.717, 1.165) is 13.1 Å². The Morgan fingerprint density at radius 2 is 1.69 bits per heavy atom. The second-order valence-corrected chi connectivity index (χ2v) is 6.12. The van der Waals surface area contributed by atoms with Gasteiger partial charge in [-0.25, -0.2) is 4.39 Å². The predicted octanol–water partition coefficient (Wildman–Crippen LogP) is 3.85. The van der Waals surface area contributed by atoms with E-state index in [0.29, 0.717) is 47.6 Å². The summed E-state index contributed by atoms with van der Waals surface area (Å²) in [6.45, 7) is 3.45. The van der Waals surface area contributed by atoms with Gasteiger partial charge in [-0.3, -0.25) is 9.69 Å². The van der Waals surface area contributed by atoms with Crippen molar-refractivity contribution >= 4 is 23.4 Å². The van der Waals surface area contributed by atoms with E-state index in [1.54, 1.807) is 24.3 Å². The number of hydrogen-bond donors (Lipinski definition) is 0. The van der Waals surface area contributed by atoms with Crippen LogP contribution in [0, 0.1) is 5.82 Å². The van der Waals surface area contributed by atoms with Gasteiger partial charge in [0.15, 0.2) is 0 Å². The molecular weight excluding hydrogens is 357 g/mol. The van der Waals surface area contributed by atoms with Crippen LogP contribution < -0.4 is 5.43 Å². The van der Waals surface area contributed by atoms with Gasteiger partial charge in [0.05, 0.1) is 30.7 Å². The maximum absolute atomic E-state index is 13.3. The molecule has 2 aromatic carbocycles. The van der Waals surface area contributed by atoms with E-state index in [-0.39, 0.29) is 23.7 Å². The van der Waals surface area contributed by atoms with Crippen molar-refractivity contribution < 1.29 is 13.5 Å². The number of ether oxygens (including phenoxy) is 1. The topological polar surface area (TPSA) is 42.7 Å². The molecule has 136 valence electrons. The SMILES string of the molecule is Cl.O=c1c(-c2ccc(F)cc2)c(CN2CCOCC2)oc2ccccc12. The van der Waals surface area contributed by atoms with Crippen LogP contribution in [0.5, 0.6) is 0 Å². The van der Waals surface area contributed by atoms with Gasteiger partial charge >= 0.3 is 0 Å². The quantitative estimate of drug-likeness (QED) is 0.697. The maximum Gasteiger partial charge on any atom is 0.200 e. The fourth-order valence-corrected chi connectivity index (χ4v) is 3.17. The van der Waals surface area contributed by atoms with Crippen LogP contribution in [0.2, 0.25) is 0 Å². The molecule has 1 aromatic heterocycles. The van der Waals surface area contributed by atoms with Crippen molar-refractivity contribution in [2.75, 3.05) is 26.3 Å². The van der Waals surface area contributed by atoms with Gasteiger partial charge in [0.2, 0.25) is 5.43 Å². The minimum atomic E-state index is -0.330. The Bertz CT molecular complexity index is 949. The third-order valence-electron chi connectivity index (χ3n) is 4.47. The van der Waals surface area contributed by atoms with E-state index in [1.807, 2.05) is 12.1 Å². The number of benzene rings is 2. The summed E-state index contributed by atoms with van der Waals surface area (Å²) < 4.78 is 24.8. The molecule has 1 aliphatic rings. The van der Waals surface area contributed by atoms with Crippen molar-refractivity contribution in [2.24, 2.45) is 0 Å². The van der Waals surface area contributed by atoms with Gasteiger partial charge in [-0.1, -0.05) is 24.3 Å². The Hall–Kier alpha value is -2.21. The zero-order valence-electron chi connectivity index (χ0n) is 14.1. The van der Waals surface area contributed by atoms with Gasteiger partial charge in [0, 0.05) is 13.1 Å². The molecule has 0 unspecified atom stereocenters. The molecule has 0 aliphatic carbocycles. The Morgan fingerprint density at radius 1 is 1.00 bits per heavy atom. The van der Waals surface area contributed by atoms with Gasteiger partial charge in [0.25, 0.3) is 0 Å². The molecule has 4 rings (SSSR count). The molecule has 0 spiro atoms. The Morgan fingerprint density at radius 3 is 2.42 bits per heavy atom. The van der Waals surface area contributed by atoms with Crippen LogP contribution >= 0.6 is 12.4 Å².